The number of nitrogens with zero attached hydrogens (tertiary/aromatic N) is 3. The highest BCUT2D eigenvalue weighted by atomic mass is 32.2. The zero-order valence-corrected chi connectivity index (χ0v) is 18.7. The lowest BCUT2D eigenvalue weighted by Crippen LogP contribution is -2.03. The maximum atomic E-state index is 11.0. The van der Waals surface area contributed by atoms with E-state index < -0.39 is 4.92 Å². The monoisotopic (exact) mass is 473 g/mol. The first kappa shape index (κ1) is 21.7. The van der Waals surface area contributed by atoms with Gasteiger partial charge in [0.15, 0.2) is 5.76 Å². The molecule has 2 aromatic carbocycles. The molecule has 0 saturated heterocycles. The van der Waals surface area contributed by atoms with E-state index in [1.165, 1.54) is 24.1 Å². The third kappa shape index (κ3) is 4.94. The molecule has 0 saturated carbocycles. The average Bonchev–Trinajstić information content (AvgIpc) is 3.38. The molecule has 3 aromatic rings. The number of thioether (sulfide) groups is 1. The van der Waals surface area contributed by atoms with Crippen LogP contribution in [0.5, 0.6) is 0 Å². The fraction of sp³-hybridized carbons (Fsp3) is 0.120. The van der Waals surface area contributed by atoms with Crippen LogP contribution in [0, 0.1) is 10.1 Å². The van der Waals surface area contributed by atoms with E-state index in [0.717, 1.165) is 35.1 Å². The summed E-state index contributed by atoms with van der Waals surface area (Å²) in [5, 5.41) is 19.6. The number of non-ortho nitro benzene ring substituents is 1. The van der Waals surface area contributed by atoms with E-state index in [4.69, 9.17) is 13.9 Å². The van der Waals surface area contributed by atoms with Gasteiger partial charge in [-0.25, -0.2) is 0 Å². The summed E-state index contributed by atoms with van der Waals surface area (Å²) in [4.78, 5) is 10.6. The minimum atomic E-state index is -0.393. The van der Waals surface area contributed by atoms with Crippen LogP contribution in [0.1, 0.15) is 24.3 Å². The Morgan fingerprint density at radius 2 is 1.88 bits per heavy atom. The fourth-order valence-corrected chi connectivity index (χ4v) is 4.19. The third-order valence-electron chi connectivity index (χ3n) is 5.22. The van der Waals surface area contributed by atoms with Gasteiger partial charge in [-0.3, -0.25) is 10.1 Å². The summed E-state index contributed by atoms with van der Waals surface area (Å²) in [6.45, 7) is 0. The summed E-state index contributed by atoms with van der Waals surface area (Å²) in [5.74, 6) is 1.88. The van der Waals surface area contributed by atoms with Crippen molar-refractivity contribution in [1.82, 2.24) is 10.2 Å². The maximum Gasteiger partial charge on any atom is 0.287 e. The number of benzene rings is 2. The highest BCUT2D eigenvalue weighted by Crippen LogP contribution is 2.32. The molecule has 1 aromatic heterocycles. The Labute approximate surface area is 199 Å². The number of ether oxygens (including phenoxy) is 2. The molecule has 5 rings (SSSR count). The van der Waals surface area contributed by atoms with Crippen LogP contribution in [0.4, 0.5) is 5.69 Å². The van der Waals surface area contributed by atoms with Gasteiger partial charge in [0.05, 0.1) is 4.92 Å². The van der Waals surface area contributed by atoms with Crippen molar-refractivity contribution in [3.05, 3.63) is 112 Å². The molecule has 0 N–H and O–H groups in total. The molecular weight excluding hydrogens is 454 g/mol. The molecule has 1 aliphatic carbocycles. The zero-order chi connectivity index (χ0) is 23.3. The SMILES string of the molecule is O=[N+]([O-])c1cccc(-c2ccc(CSc3nnc(C4=COC=C(C5=CC=CCC5)O4)o3)cc2)c1. The lowest BCUT2D eigenvalue weighted by atomic mass is 10.0. The lowest BCUT2D eigenvalue weighted by Gasteiger charge is -2.17. The third-order valence-corrected chi connectivity index (χ3v) is 6.11. The first-order valence-electron chi connectivity index (χ1n) is 10.6. The summed E-state index contributed by atoms with van der Waals surface area (Å²) in [7, 11) is 0. The molecule has 2 heterocycles. The van der Waals surface area contributed by atoms with Crippen LogP contribution in [0.25, 0.3) is 16.9 Å². The Balaban J connectivity index is 1.20. The van der Waals surface area contributed by atoms with Crippen LogP contribution in [0.2, 0.25) is 0 Å². The zero-order valence-electron chi connectivity index (χ0n) is 17.9. The van der Waals surface area contributed by atoms with Gasteiger partial charge < -0.3 is 13.9 Å². The predicted molar refractivity (Wildman–Crippen MR) is 127 cm³/mol. The van der Waals surface area contributed by atoms with Gasteiger partial charge in [-0.05, 0) is 35.1 Å². The van der Waals surface area contributed by atoms with Crippen LogP contribution in [0.3, 0.4) is 0 Å². The summed E-state index contributed by atoms with van der Waals surface area (Å²) >= 11 is 1.41. The minimum absolute atomic E-state index is 0.0710. The van der Waals surface area contributed by atoms with Crippen molar-refractivity contribution in [1.29, 1.82) is 0 Å². The molecule has 0 fully saturated rings. The van der Waals surface area contributed by atoms with Crippen LogP contribution in [-0.4, -0.2) is 15.1 Å². The number of rotatable bonds is 7. The topological polar surface area (TPSA) is 101 Å². The molecule has 170 valence electrons. The maximum absolute atomic E-state index is 11.0. The molecule has 8 nitrogen and oxygen atoms in total. The van der Waals surface area contributed by atoms with Crippen LogP contribution in [0.15, 0.2) is 100 Å². The normalized spacial score (nSPS) is 15.0. The number of hydrogen-bond donors (Lipinski definition) is 0. The first-order valence-corrected chi connectivity index (χ1v) is 11.5. The Morgan fingerprint density at radius 1 is 1.03 bits per heavy atom. The molecule has 2 aliphatic rings. The highest BCUT2D eigenvalue weighted by Gasteiger charge is 2.21. The summed E-state index contributed by atoms with van der Waals surface area (Å²) < 4.78 is 17.1. The Hall–Kier alpha value is -4.11. The largest absolute Gasteiger partial charge is 0.465 e. The van der Waals surface area contributed by atoms with E-state index in [9.17, 15) is 10.1 Å². The second kappa shape index (κ2) is 9.80. The number of hydrogen-bond acceptors (Lipinski definition) is 8. The van der Waals surface area contributed by atoms with E-state index in [-0.39, 0.29) is 11.6 Å². The molecule has 0 spiro atoms. The van der Waals surface area contributed by atoms with Gasteiger partial charge in [0.1, 0.15) is 12.5 Å². The molecule has 0 atom stereocenters. The van der Waals surface area contributed by atoms with E-state index in [1.54, 1.807) is 18.4 Å². The average molecular weight is 474 g/mol. The molecule has 34 heavy (non-hydrogen) atoms. The summed E-state index contributed by atoms with van der Waals surface area (Å²) in [6, 6.07) is 14.4. The first-order chi connectivity index (χ1) is 16.7. The highest BCUT2D eigenvalue weighted by molar-refractivity contribution is 7.98. The summed E-state index contributed by atoms with van der Waals surface area (Å²) in [6.07, 6.45) is 10.9. The van der Waals surface area contributed by atoms with Gasteiger partial charge in [0.25, 0.3) is 16.8 Å². The number of aromatic nitrogens is 2. The quantitative estimate of drug-likeness (QED) is 0.221. The Bertz CT molecular complexity index is 1340. The van der Waals surface area contributed by atoms with Crippen molar-refractivity contribution in [2.45, 2.75) is 23.8 Å². The van der Waals surface area contributed by atoms with E-state index >= 15 is 0 Å². The Morgan fingerprint density at radius 3 is 2.68 bits per heavy atom. The van der Waals surface area contributed by atoms with Gasteiger partial charge >= 0.3 is 0 Å². The second-order valence-corrected chi connectivity index (χ2v) is 8.45. The van der Waals surface area contributed by atoms with Crippen molar-refractivity contribution in [3.63, 3.8) is 0 Å². The van der Waals surface area contributed by atoms with Crippen LogP contribution < -0.4 is 0 Å². The van der Waals surface area contributed by atoms with Crippen molar-refractivity contribution in [2.24, 2.45) is 0 Å². The molecule has 0 amide bonds. The molecule has 1 aliphatic heterocycles. The van der Waals surface area contributed by atoms with Gasteiger partial charge in [0, 0.05) is 17.9 Å². The molecule has 0 unspecified atom stereocenters. The Kier molecular flexibility index (Phi) is 6.26. The second-order valence-electron chi connectivity index (χ2n) is 7.53. The van der Waals surface area contributed by atoms with Crippen molar-refractivity contribution in [2.75, 3.05) is 0 Å². The van der Waals surface area contributed by atoms with Gasteiger partial charge in [-0.1, -0.05) is 66.4 Å². The molecular formula is C25H19N3O5S. The van der Waals surface area contributed by atoms with E-state index in [2.05, 4.69) is 16.3 Å². The number of nitro groups is 1. The minimum Gasteiger partial charge on any atom is -0.465 e. The van der Waals surface area contributed by atoms with Crippen LogP contribution >= 0.6 is 11.8 Å². The van der Waals surface area contributed by atoms with Gasteiger partial charge in [-0.15, -0.1) is 10.2 Å². The van der Waals surface area contributed by atoms with Crippen molar-refractivity contribution >= 4 is 23.2 Å². The fourth-order valence-electron chi connectivity index (χ4n) is 3.47. The number of nitro benzene ring substituents is 1. The van der Waals surface area contributed by atoms with Crippen molar-refractivity contribution in [3.8, 4) is 11.1 Å². The van der Waals surface area contributed by atoms with Gasteiger partial charge in [-0.2, -0.15) is 0 Å². The number of allylic oxidation sites excluding steroid dienone is 4. The standard InChI is InChI=1S/C25H19N3O5S/c29-28(30)21-8-4-7-20(13-21)18-11-9-17(10-12-18)16-34-25-27-26-24(33-25)23-15-31-14-22(32-23)19-5-2-1-3-6-19/h1-2,4-5,7-15H,3,6,16H2. The van der Waals surface area contributed by atoms with Crippen LogP contribution in [-0.2, 0) is 15.2 Å². The van der Waals surface area contributed by atoms with Crippen molar-refractivity contribution < 1.29 is 18.8 Å². The van der Waals surface area contributed by atoms with Gasteiger partial charge in [0.2, 0.25) is 5.76 Å². The molecule has 0 radical (unpaired) electrons. The molecule has 9 heteroatoms. The summed E-state index contributed by atoms with van der Waals surface area (Å²) in [5.41, 5.74) is 3.88. The lowest BCUT2D eigenvalue weighted by molar-refractivity contribution is -0.384. The van der Waals surface area contributed by atoms with E-state index in [0.29, 0.717) is 22.5 Å². The predicted octanol–water partition coefficient (Wildman–Crippen LogP) is 6.40. The smallest absolute Gasteiger partial charge is 0.287 e. The van der Waals surface area contributed by atoms with E-state index in [1.807, 2.05) is 42.5 Å². The molecule has 0 bridgehead atoms.